The number of morpholine rings is 1. The van der Waals surface area contributed by atoms with E-state index in [1.807, 2.05) is 22.4 Å². The van der Waals surface area contributed by atoms with Crippen molar-refractivity contribution in [1.29, 1.82) is 0 Å². The Bertz CT molecular complexity index is 782. The molecule has 3 rings (SSSR count). The number of ether oxygens (including phenoxy) is 1. The summed E-state index contributed by atoms with van der Waals surface area (Å²) < 4.78 is 44.4. The SMILES string of the molecule is O=C(/C=C/c1cccs1)Nc1cc(C(F)(F)F)ccc1N1CCOCC1. The summed E-state index contributed by atoms with van der Waals surface area (Å²) in [6.07, 6.45) is -1.53. The van der Waals surface area contributed by atoms with Crippen LogP contribution in [0.5, 0.6) is 0 Å². The third-order valence-corrected chi connectivity index (χ3v) is 4.71. The first-order chi connectivity index (χ1) is 12.4. The number of thiophene rings is 1. The molecule has 2 aromatic rings. The van der Waals surface area contributed by atoms with Crippen LogP contribution in [0.2, 0.25) is 0 Å². The number of hydrogen-bond donors (Lipinski definition) is 1. The fourth-order valence-electron chi connectivity index (χ4n) is 2.61. The fourth-order valence-corrected chi connectivity index (χ4v) is 3.23. The van der Waals surface area contributed by atoms with E-state index in [4.69, 9.17) is 4.74 Å². The summed E-state index contributed by atoms with van der Waals surface area (Å²) in [4.78, 5) is 15.0. The molecule has 4 nitrogen and oxygen atoms in total. The number of hydrogen-bond acceptors (Lipinski definition) is 4. The number of alkyl halides is 3. The summed E-state index contributed by atoms with van der Waals surface area (Å²) in [5.41, 5.74) is -0.103. The van der Waals surface area contributed by atoms with Crippen LogP contribution in [0.1, 0.15) is 10.4 Å². The van der Waals surface area contributed by atoms with Crippen LogP contribution in [0.15, 0.2) is 41.8 Å². The first kappa shape index (κ1) is 18.5. The Morgan fingerprint density at radius 1 is 1.23 bits per heavy atom. The van der Waals surface area contributed by atoms with Crippen LogP contribution >= 0.6 is 11.3 Å². The van der Waals surface area contributed by atoms with Crippen LogP contribution in [-0.4, -0.2) is 32.2 Å². The van der Waals surface area contributed by atoms with Crippen LogP contribution < -0.4 is 10.2 Å². The third kappa shape index (κ3) is 4.64. The average Bonchev–Trinajstić information content (AvgIpc) is 3.13. The van der Waals surface area contributed by atoms with Gasteiger partial charge in [-0.1, -0.05) is 6.07 Å². The van der Waals surface area contributed by atoms with Gasteiger partial charge >= 0.3 is 6.18 Å². The maximum Gasteiger partial charge on any atom is 0.416 e. The van der Waals surface area contributed by atoms with E-state index in [1.54, 1.807) is 6.08 Å². The highest BCUT2D eigenvalue weighted by Gasteiger charge is 2.31. The Morgan fingerprint density at radius 2 is 2.00 bits per heavy atom. The minimum Gasteiger partial charge on any atom is -0.378 e. The van der Waals surface area contributed by atoms with Crippen LogP contribution in [0, 0.1) is 0 Å². The highest BCUT2D eigenvalue weighted by molar-refractivity contribution is 7.10. The molecule has 2 heterocycles. The molecule has 1 amide bonds. The molecule has 1 aromatic carbocycles. The number of nitrogens with one attached hydrogen (secondary N) is 1. The summed E-state index contributed by atoms with van der Waals surface area (Å²) in [6.45, 7) is 2.10. The Labute approximate surface area is 152 Å². The minimum absolute atomic E-state index is 0.141. The molecule has 8 heteroatoms. The topological polar surface area (TPSA) is 41.6 Å². The van der Waals surface area contributed by atoms with Crippen molar-refractivity contribution in [2.24, 2.45) is 0 Å². The van der Waals surface area contributed by atoms with Crippen molar-refractivity contribution >= 4 is 34.7 Å². The van der Waals surface area contributed by atoms with E-state index in [-0.39, 0.29) is 5.69 Å². The van der Waals surface area contributed by atoms with Gasteiger partial charge in [-0.15, -0.1) is 11.3 Å². The van der Waals surface area contributed by atoms with Gasteiger partial charge in [0, 0.05) is 24.0 Å². The molecule has 1 aromatic heterocycles. The van der Waals surface area contributed by atoms with Gasteiger partial charge < -0.3 is 15.0 Å². The number of carbonyl (C=O) groups excluding carboxylic acids is 1. The second-order valence-electron chi connectivity index (χ2n) is 5.67. The van der Waals surface area contributed by atoms with Gasteiger partial charge in [0.25, 0.3) is 0 Å². The Balaban J connectivity index is 1.85. The molecule has 0 aliphatic carbocycles. The van der Waals surface area contributed by atoms with E-state index in [0.717, 1.165) is 17.0 Å². The quantitative estimate of drug-likeness (QED) is 0.804. The van der Waals surface area contributed by atoms with E-state index < -0.39 is 17.6 Å². The van der Waals surface area contributed by atoms with Gasteiger partial charge in [-0.3, -0.25) is 4.79 Å². The zero-order valence-electron chi connectivity index (χ0n) is 13.8. The lowest BCUT2D eigenvalue weighted by atomic mass is 10.1. The van der Waals surface area contributed by atoms with E-state index >= 15 is 0 Å². The number of nitrogens with zero attached hydrogens (tertiary/aromatic N) is 1. The maximum atomic E-state index is 13.1. The second-order valence-corrected chi connectivity index (χ2v) is 6.65. The molecule has 138 valence electrons. The average molecular weight is 382 g/mol. The number of benzene rings is 1. The smallest absolute Gasteiger partial charge is 0.378 e. The van der Waals surface area contributed by atoms with Gasteiger partial charge in [0.2, 0.25) is 5.91 Å². The van der Waals surface area contributed by atoms with Crippen LogP contribution in [0.3, 0.4) is 0 Å². The molecule has 1 saturated heterocycles. The molecule has 1 aliphatic heterocycles. The molecule has 1 fully saturated rings. The third-order valence-electron chi connectivity index (χ3n) is 3.88. The molecule has 0 spiro atoms. The van der Waals surface area contributed by atoms with Crippen molar-refractivity contribution in [2.45, 2.75) is 6.18 Å². The van der Waals surface area contributed by atoms with Crippen molar-refractivity contribution in [1.82, 2.24) is 0 Å². The van der Waals surface area contributed by atoms with Crippen LogP contribution in [0.4, 0.5) is 24.5 Å². The number of anilines is 2. The van der Waals surface area contributed by atoms with Gasteiger partial charge in [-0.25, -0.2) is 0 Å². The fraction of sp³-hybridized carbons (Fsp3) is 0.278. The molecule has 0 atom stereocenters. The zero-order chi connectivity index (χ0) is 18.6. The summed E-state index contributed by atoms with van der Waals surface area (Å²) in [5, 5.41) is 4.46. The number of rotatable bonds is 4. The van der Waals surface area contributed by atoms with Crippen molar-refractivity contribution in [3.8, 4) is 0 Å². The first-order valence-electron chi connectivity index (χ1n) is 8.00. The van der Waals surface area contributed by atoms with E-state index in [0.29, 0.717) is 32.0 Å². The monoisotopic (exact) mass is 382 g/mol. The van der Waals surface area contributed by atoms with Crippen LogP contribution in [0.25, 0.3) is 6.08 Å². The number of halogens is 3. The lowest BCUT2D eigenvalue weighted by Gasteiger charge is -2.30. The van der Waals surface area contributed by atoms with Crippen molar-refractivity contribution < 1.29 is 22.7 Å². The maximum absolute atomic E-state index is 13.1. The lowest BCUT2D eigenvalue weighted by Crippen LogP contribution is -2.36. The highest BCUT2D eigenvalue weighted by atomic mass is 32.1. The normalized spacial score (nSPS) is 15.4. The Hall–Kier alpha value is -2.32. The summed E-state index contributed by atoms with van der Waals surface area (Å²) >= 11 is 1.47. The number of carbonyl (C=O) groups is 1. The zero-order valence-corrected chi connectivity index (χ0v) is 14.6. The summed E-state index contributed by atoms with van der Waals surface area (Å²) in [5.74, 6) is -0.479. The van der Waals surface area contributed by atoms with E-state index in [1.165, 1.54) is 23.5 Å². The molecule has 26 heavy (non-hydrogen) atoms. The molecule has 1 N–H and O–H groups in total. The molecular formula is C18H17F3N2O2S. The first-order valence-corrected chi connectivity index (χ1v) is 8.88. The van der Waals surface area contributed by atoms with Gasteiger partial charge in [0.05, 0.1) is 30.2 Å². The van der Waals surface area contributed by atoms with Crippen molar-refractivity contribution in [3.05, 3.63) is 52.2 Å². The van der Waals surface area contributed by atoms with Gasteiger partial charge in [-0.2, -0.15) is 13.2 Å². The van der Waals surface area contributed by atoms with E-state index in [9.17, 15) is 18.0 Å². The second kappa shape index (κ2) is 7.92. The predicted octanol–water partition coefficient (Wildman–Crippen LogP) is 4.26. The minimum atomic E-state index is -4.48. The molecule has 0 unspecified atom stereocenters. The van der Waals surface area contributed by atoms with Crippen LogP contribution in [-0.2, 0) is 15.7 Å². The van der Waals surface area contributed by atoms with Gasteiger partial charge in [0.1, 0.15) is 0 Å². The summed E-state index contributed by atoms with van der Waals surface area (Å²) in [6, 6.07) is 7.10. The Morgan fingerprint density at radius 3 is 2.65 bits per heavy atom. The predicted molar refractivity (Wildman–Crippen MR) is 96.5 cm³/mol. The van der Waals surface area contributed by atoms with Gasteiger partial charge in [0.15, 0.2) is 0 Å². The highest BCUT2D eigenvalue weighted by Crippen LogP contribution is 2.35. The Kier molecular flexibility index (Phi) is 5.63. The van der Waals surface area contributed by atoms with Crippen molar-refractivity contribution in [3.63, 3.8) is 0 Å². The molecular weight excluding hydrogens is 365 g/mol. The summed E-state index contributed by atoms with van der Waals surface area (Å²) in [7, 11) is 0. The standard InChI is InChI=1S/C18H17F3N2O2S/c19-18(20,21)13-3-5-16(23-7-9-25-10-8-23)15(12-13)22-17(24)6-4-14-2-1-11-26-14/h1-6,11-12H,7-10H2,(H,22,24)/b6-4+. The van der Waals surface area contributed by atoms with Gasteiger partial charge in [-0.05, 0) is 35.7 Å². The molecule has 0 saturated carbocycles. The molecule has 0 radical (unpaired) electrons. The largest absolute Gasteiger partial charge is 0.416 e. The van der Waals surface area contributed by atoms with Crippen molar-refractivity contribution in [2.75, 3.05) is 36.5 Å². The molecule has 0 bridgehead atoms. The number of amides is 1. The molecule has 1 aliphatic rings. The lowest BCUT2D eigenvalue weighted by molar-refractivity contribution is -0.137. The van der Waals surface area contributed by atoms with E-state index in [2.05, 4.69) is 5.32 Å².